The van der Waals surface area contributed by atoms with Crippen LogP contribution in [0.4, 0.5) is 20.2 Å². The Labute approximate surface area is 109 Å². The fraction of sp³-hybridized carbons (Fsp3) is 0.0714. The zero-order chi connectivity index (χ0) is 13.8. The molecule has 0 spiro atoms. The fourth-order valence-corrected chi connectivity index (χ4v) is 1.63. The quantitative estimate of drug-likeness (QED) is 0.833. The Balaban J connectivity index is 2.13. The van der Waals surface area contributed by atoms with Gasteiger partial charge in [0.15, 0.2) is 0 Å². The van der Waals surface area contributed by atoms with E-state index in [0.29, 0.717) is 22.5 Å². The third-order valence-electron chi connectivity index (χ3n) is 2.67. The second-order valence-electron chi connectivity index (χ2n) is 4.00. The maximum atomic E-state index is 13.4. The molecule has 0 heterocycles. The second kappa shape index (κ2) is 5.36. The number of benzene rings is 2. The van der Waals surface area contributed by atoms with Gasteiger partial charge in [0.05, 0.1) is 5.56 Å². The summed E-state index contributed by atoms with van der Waals surface area (Å²) in [4.78, 5) is 0. The van der Waals surface area contributed by atoms with Crippen LogP contribution in [0.2, 0.25) is 0 Å². The molecule has 0 saturated heterocycles. The second-order valence-corrected chi connectivity index (χ2v) is 4.00. The maximum Gasteiger partial charge on any atom is 0.131 e. The maximum absolute atomic E-state index is 13.4. The number of hydrogen-bond donors (Lipinski definition) is 2. The van der Waals surface area contributed by atoms with Crippen molar-refractivity contribution in [1.82, 2.24) is 0 Å². The first-order chi connectivity index (χ1) is 9.10. The van der Waals surface area contributed by atoms with Crippen molar-refractivity contribution in [3.63, 3.8) is 0 Å². The number of nitrogens with one attached hydrogen (secondary N) is 1. The number of halogens is 2. The molecule has 2 rings (SSSR count). The average Bonchev–Trinajstić information content (AvgIpc) is 2.39. The lowest BCUT2D eigenvalue weighted by Gasteiger charge is -2.08. The van der Waals surface area contributed by atoms with Gasteiger partial charge in [-0.1, -0.05) is 6.07 Å². The van der Waals surface area contributed by atoms with Gasteiger partial charge in [-0.05, 0) is 24.3 Å². The zero-order valence-electron chi connectivity index (χ0n) is 9.95. The van der Waals surface area contributed by atoms with E-state index in [0.717, 1.165) is 6.07 Å². The Kier molecular flexibility index (Phi) is 3.62. The first-order valence-electron chi connectivity index (χ1n) is 5.57. The van der Waals surface area contributed by atoms with Gasteiger partial charge in [0.2, 0.25) is 0 Å². The number of nitriles is 1. The van der Waals surface area contributed by atoms with Crippen LogP contribution in [-0.2, 0) is 6.54 Å². The van der Waals surface area contributed by atoms with E-state index in [-0.39, 0.29) is 6.54 Å². The van der Waals surface area contributed by atoms with E-state index in [1.165, 1.54) is 12.1 Å². The summed E-state index contributed by atoms with van der Waals surface area (Å²) in [6.07, 6.45) is 0. The first-order valence-corrected chi connectivity index (χ1v) is 5.57. The van der Waals surface area contributed by atoms with Crippen LogP contribution in [0, 0.1) is 23.0 Å². The van der Waals surface area contributed by atoms with Crippen molar-refractivity contribution in [2.24, 2.45) is 0 Å². The Bertz CT molecular complexity index is 648. The molecule has 0 unspecified atom stereocenters. The van der Waals surface area contributed by atoms with Crippen molar-refractivity contribution in [2.45, 2.75) is 6.54 Å². The van der Waals surface area contributed by atoms with Crippen molar-refractivity contribution in [1.29, 1.82) is 5.26 Å². The molecule has 0 atom stereocenters. The molecular formula is C14H11F2N3. The van der Waals surface area contributed by atoms with Gasteiger partial charge in [-0.25, -0.2) is 8.78 Å². The molecule has 0 aliphatic heterocycles. The molecule has 19 heavy (non-hydrogen) atoms. The minimum Gasteiger partial charge on any atom is -0.398 e. The predicted molar refractivity (Wildman–Crippen MR) is 69.3 cm³/mol. The van der Waals surface area contributed by atoms with Crippen LogP contribution in [0.3, 0.4) is 0 Å². The van der Waals surface area contributed by atoms with Crippen LogP contribution in [0.25, 0.3) is 0 Å². The summed E-state index contributed by atoms with van der Waals surface area (Å²) in [6, 6.07) is 10.2. The highest BCUT2D eigenvalue weighted by atomic mass is 19.1. The molecule has 0 saturated carbocycles. The fourth-order valence-electron chi connectivity index (χ4n) is 1.63. The standard InChI is InChI=1S/C14H11F2N3/c15-11-2-1-9(13(16)6-11)8-19-12-3-4-14(18)10(5-12)7-17/h1-6,19H,8,18H2. The lowest BCUT2D eigenvalue weighted by Crippen LogP contribution is -2.03. The van der Waals surface area contributed by atoms with Crippen molar-refractivity contribution < 1.29 is 8.78 Å². The van der Waals surface area contributed by atoms with E-state index in [4.69, 9.17) is 11.0 Å². The van der Waals surface area contributed by atoms with Gasteiger partial charge < -0.3 is 11.1 Å². The number of hydrogen-bond acceptors (Lipinski definition) is 3. The topological polar surface area (TPSA) is 61.8 Å². The molecule has 0 amide bonds. The van der Waals surface area contributed by atoms with E-state index in [1.54, 1.807) is 18.2 Å². The Morgan fingerprint density at radius 1 is 1.16 bits per heavy atom. The molecule has 3 N–H and O–H groups in total. The van der Waals surface area contributed by atoms with Gasteiger partial charge in [0.1, 0.15) is 17.7 Å². The normalized spacial score (nSPS) is 9.95. The molecule has 0 aliphatic carbocycles. The number of nitrogen functional groups attached to an aromatic ring is 1. The molecule has 5 heteroatoms. The van der Waals surface area contributed by atoms with Crippen LogP contribution in [0.1, 0.15) is 11.1 Å². The Morgan fingerprint density at radius 2 is 1.95 bits per heavy atom. The van der Waals surface area contributed by atoms with E-state index >= 15 is 0 Å². The van der Waals surface area contributed by atoms with E-state index < -0.39 is 11.6 Å². The summed E-state index contributed by atoms with van der Waals surface area (Å²) < 4.78 is 26.2. The summed E-state index contributed by atoms with van der Waals surface area (Å²) >= 11 is 0. The smallest absolute Gasteiger partial charge is 0.131 e. The van der Waals surface area contributed by atoms with Crippen LogP contribution in [0.5, 0.6) is 0 Å². The molecule has 0 radical (unpaired) electrons. The predicted octanol–water partition coefficient (Wildman–Crippen LogP) is 3.03. The van der Waals surface area contributed by atoms with Gasteiger partial charge in [-0.15, -0.1) is 0 Å². The van der Waals surface area contributed by atoms with Gasteiger partial charge in [0, 0.05) is 29.5 Å². The molecule has 96 valence electrons. The Morgan fingerprint density at radius 3 is 2.63 bits per heavy atom. The van der Waals surface area contributed by atoms with Gasteiger partial charge in [-0.3, -0.25) is 0 Å². The highest BCUT2D eigenvalue weighted by molar-refractivity contribution is 5.61. The lowest BCUT2D eigenvalue weighted by molar-refractivity contribution is 0.574. The molecule has 0 bridgehead atoms. The highest BCUT2D eigenvalue weighted by Gasteiger charge is 2.04. The molecule has 3 nitrogen and oxygen atoms in total. The van der Waals surface area contributed by atoms with E-state index in [9.17, 15) is 8.78 Å². The number of nitrogens with two attached hydrogens (primary N) is 1. The number of rotatable bonds is 3. The van der Waals surface area contributed by atoms with Crippen molar-refractivity contribution >= 4 is 11.4 Å². The van der Waals surface area contributed by atoms with Gasteiger partial charge in [-0.2, -0.15) is 5.26 Å². The summed E-state index contributed by atoms with van der Waals surface area (Å²) in [5.41, 5.74) is 7.33. The Hall–Kier alpha value is -2.61. The van der Waals surface area contributed by atoms with E-state index in [1.807, 2.05) is 6.07 Å². The van der Waals surface area contributed by atoms with Gasteiger partial charge >= 0.3 is 0 Å². The van der Waals surface area contributed by atoms with Crippen molar-refractivity contribution in [2.75, 3.05) is 11.1 Å². The lowest BCUT2D eigenvalue weighted by atomic mass is 10.1. The third kappa shape index (κ3) is 2.99. The van der Waals surface area contributed by atoms with E-state index in [2.05, 4.69) is 5.32 Å². The number of nitrogens with zero attached hydrogens (tertiary/aromatic N) is 1. The summed E-state index contributed by atoms with van der Waals surface area (Å²) in [5, 5.41) is 11.8. The zero-order valence-corrected chi connectivity index (χ0v) is 9.95. The minimum atomic E-state index is -0.611. The SMILES string of the molecule is N#Cc1cc(NCc2ccc(F)cc2F)ccc1N. The summed E-state index contributed by atoms with van der Waals surface area (Å²) in [7, 11) is 0. The number of anilines is 2. The minimum absolute atomic E-state index is 0.195. The van der Waals surface area contributed by atoms with Crippen LogP contribution >= 0.6 is 0 Å². The third-order valence-corrected chi connectivity index (χ3v) is 2.67. The molecular weight excluding hydrogens is 248 g/mol. The van der Waals surface area contributed by atoms with Crippen LogP contribution < -0.4 is 11.1 Å². The van der Waals surface area contributed by atoms with Crippen LogP contribution in [-0.4, -0.2) is 0 Å². The van der Waals surface area contributed by atoms with Crippen molar-refractivity contribution in [3.05, 3.63) is 59.2 Å². The highest BCUT2D eigenvalue weighted by Crippen LogP contribution is 2.18. The molecule has 0 aromatic heterocycles. The summed E-state index contributed by atoms with van der Waals surface area (Å²) in [6.45, 7) is 0.195. The van der Waals surface area contributed by atoms with Crippen molar-refractivity contribution in [3.8, 4) is 6.07 Å². The first kappa shape index (κ1) is 12.8. The molecule has 2 aromatic rings. The molecule has 2 aromatic carbocycles. The molecule has 0 aliphatic rings. The van der Waals surface area contributed by atoms with Crippen LogP contribution in [0.15, 0.2) is 36.4 Å². The largest absolute Gasteiger partial charge is 0.398 e. The van der Waals surface area contributed by atoms with Gasteiger partial charge in [0.25, 0.3) is 0 Å². The monoisotopic (exact) mass is 259 g/mol. The average molecular weight is 259 g/mol. The summed E-state index contributed by atoms with van der Waals surface area (Å²) in [5.74, 6) is -1.22. The molecule has 0 fully saturated rings.